The van der Waals surface area contributed by atoms with E-state index in [-0.39, 0.29) is 0 Å². The molecule has 2 rings (SSSR count). The van der Waals surface area contributed by atoms with Crippen molar-refractivity contribution in [3.05, 3.63) is 30.3 Å². The maximum atomic E-state index is 11.5. The van der Waals surface area contributed by atoms with Gasteiger partial charge in [-0.1, -0.05) is 18.2 Å². The molecule has 5 nitrogen and oxygen atoms in total. The van der Waals surface area contributed by atoms with Crippen LogP contribution in [0.3, 0.4) is 0 Å². The summed E-state index contributed by atoms with van der Waals surface area (Å²) in [6, 6.07) is 8.54. The van der Waals surface area contributed by atoms with Crippen molar-refractivity contribution in [1.29, 1.82) is 0 Å². The fourth-order valence-electron chi connectivity index (χ4n) is 1.74. The predicted octanol–water partition coefficient (Wildman–Crippen LogP) is 1.78. The van der Waals surface area contributed by atoms with Crippen molar-refractivity contribution in [2.45, 2.75) is 24.8 Å². The standard InChI is InChI=1S/C12H13NO4/c14-10(15)12(7-4-8-12)13-11(16)17-9-5-2-1-3-6-9/h1-3,5-6H,4,7-8H2,(H,13,16)(H,14,15). The van der Waals surface area contributed by atoms with Crippen LogP contribution in [0.15, 0.2) is 30.3 Å². The number of benzene rings is 1. The molecule has 0 radical (unpaired) electrons. The average Bonchev–Trinajstić information content (AvgIpc) is 2.24. The zero-order chi connectivity index (χ0) is 12.3. The Morgan fingerprint density at radius 2 is 1.88 bits per heavy atom. The second-order valence-electron chi connectivity index (χ2n) is 4.07. The molecule has 0 unspecified atom stereocenters. The van der Waals surface area contributed by atoms with Crippen LogP contribution in [-0.2, 0) is 4.79 Å². The first-order chi connectivity index (χ1) is 8.12. The molecule has 0 aliphatic heterocycles. The first-order valence-electron chi connectivity index (χ1n) is 5.41. The zero-order valence-corrected chi connectivity index (χ0v) is 9.18. The SMILES string of the molecule is O=C(NC1(C(=O)O)CCC1)Oc1ccccc1. The van der Waals surface area contributed by atoms with Gasteiger partial charge in [-0.3, -0.25) is 0 Å². The maximum absolute atomic E-state index is 11.5. The Kier molecular flexibility index (Phi) is 2.99. The van der Waals surface area contributed by atoms with Gasteiger partial charge in [-0.15, -0.1) is 0 Å². The fourth-order valence-corrected chi connectivity index (χ4v) is 1.74. The molecular weight excluding hydrogens is 222 g/mol. The van der Waals surface area contributed by atoms with Gasteiger partial charge in [0.15, 0.2) is 0 Å². The van der Waals surface area contributed by atoms with Crippen LogP contribution in [0.1, 0.15) is 19.3 Å². The number of hydrogen-bond acceptors (Lipinski definition) is 3. The molecule has 1 aromatic carbocycles. The van der Waals surface area contributed by atoms with Crippen molar-refractivity contribution in [3.8, 4) is 5.75 Å². The fraction of sp³-hybridized carbons (Fsp3) is 0.333. The van der Waals surface area contributed by atoms with Crippen LogP contribution in [0.2, 0.25) is 0 Å². The number of amides is 1. The highest BCUT2D eigenvalue weighted by molar-refractivity contribution is 5.85. The molecule has 2 N–H and O–H groups in total. The lowest BCUT2D eigenvalue weighted by Gasteiger charge is -2.37. The number of nitrogens with one attached hydrogen (secondary N) is 1. The summed E-state index contributed by atoms with van der Waals surface area (Å²) in [7, 11) is 0. The van der Waals surface area contributed by atoms with Crippen LogP contribution in [0.25, 0.3) is 0 Å². The monoisotopic (exact) mass is 235 g/mol. The Balaban J connectivity index is 1.96. The van der Waals surface area contributed by atoms with E-state index in [1.807, 2.05) is 0 Å². The Morgan fingerprint density at radius 1 is 1.24 bits per heavy atom. The van der Waals surface area contributed by atoms with Gasteiger partial charge in [0, 0.05) is 0 Å². The molecule has 1 aliphatic rings. The predicted molar refractivity (Wildman–Crippen MR) is 59.8 cm³/mol. The molecule has 90 valence electrons. The minimum absolute atomic E-state index is 0.393. The van der Waals surface area contributed by atoms with Gasteiger partial charge in [0.1, 0.15) is 11.3 Å². The van der Waals surface area contributed by atoms with Crippen molar-refractivity contribution in [2.75, 3.05) is 0 Å². The van der Waals surface area contributed by atoms with Gasteiger partial charge in [0.05, 0.1) is 0 Å². The van der Waals surface area contributed by atoms with Crippen LogP contribution in [0, 0.1) is 0 Å². The van der Waals surface area contributed by atoms with Crippen LogP contribution in [0.5, 0.6) is 5.75 Å². The van der Waals surface area contributed by atoms with Gasteiger partial charge in [0.2, 0.25) is 0 Å². The van der Waals surface area contributed by atoms with E-state index < -0.39 is 17.6 Å². The smallest absolute Gasteiger partial charge is 0.413 e. The minimum Gasteiger partial charge on any atom is -0.480 e. The van der Waals surface area contributed by atoms with Gasteiger partial charge in [-0.05, 0) is 31.4 Å². The summed E-state index contributed by atoms with van der Waals surface area (Å²) in [5.41, 5.74) is -1.13. The highest BCUT2D eigenvalue weighted by Crippen LogP contribution is 2.32. The van der Waals surface area contributed by atoms with E-state index in [9.17, 15) is 9.59 Å². The van der Waals surface area contributed by atoms with Gasteiger partial charge in [-0.2, -0.15) is 0 Å². The van der Waals surface area contributed by atoms with Gasteiger partial charge < -0.3 is 15.2 Å². The van der Waals surface area contributed by atoms with Crippen molar-refractivity contribution >= 4 is 12.1 Å². The van der Waals surface area contributed by atoms with Crippen LogP contribution in [-0.4, -0.2) is 22.7 Å². The normalized spacial score (nSPS) is 16.7. The van der Waals surface area contributed by atoms with Crippen LogP contribution in [0.4, 0.5) is 4.79 Å². The average molecular weight is 235 g/mol. The lowest BCUT2D eigenvalue weighted by Crippen LogP contribution is -2.59. The highest BCUT2D eigenvalue weighted by atomic mass is 16.6. The first-order valence-corrected chi connectivity index (χ1v) is 5.41. The molecule has 0 saturated heterocycles. The molecule has 17 heavy (non-hydrogen) atoms. The van der Waals surface area contributed by atoms with Crippen molar-refractivity contribution < 1.29 is 19.4 Å². The van der Waals surface area contributed by atoms with Gasteiger partial charge in [0.25, 0.3) is 0 Å². The molecule has 1 amide bonds. The van der Waals surface area contributed by atoms with Crippen molar-refractivity contribution in [2.24, 2.45) is 0 Å². The summed E-state index contributed by atoms with van der Waals surface area (Å²) in [6.07, 6.45) is 0.981. The summed E-state index contributed by atoms with van der Waals surface area (Å²) in [4.78, 5) is 22.5. The van der Waals surface area contributed by atoms with Gasteiger partial charge >= 0.3 is 12.1 Å². The summed E-state index contributed by atoms with van der Waals surface area (Å²) in [5.74, 6) is -0.612. The molecule has 0 atom stereocenters. The Morgan fingerprint density at radius 3 is 2.35 bits per heavy atom. The van der Waals surface area contributed by atoms with E-state index >= 15 is 0 Å². The number of aliphatic carboxylic acids is 1. The van der Waals surface area contributed by atoms with E-state index in [0.29, 0.717) is 18.6 Å². The molecule has 0 aromatic heterocycles. The number of ether oxygens (including phenoxy) is 1. The largest absolute Gasteiger partial charge is 0.480 e. The van der Waals surface area contributed by atoms with Gasteiger partial charge in [-0.25, -0.2) is 9.59 Å². The third-order valence-electron chi connectivity index (χ3n) is 2.91. The van der Waals surface area contributed by atoms with E-state index in [1.165, 1.54) is 0 Å². The summed E-state index contributed by atoms with van der Waals surface area (Å²) < 4.78 is 4.98. The first kappa shape index (κ1) is 11.4. The van der Waals surface area contributed by atoms with E-state index in [4.69, 9.17) is 9.84 Å². The molecule has 0 spiro atoms. The lowest BCUT2D eigenvalue weighted by atomic mass is 9.77. The number of rotatable bonds is 3. The van der Waals surface area contributed by atoms with Crippen molar-refractivity contribution in [3.63, 3.8) is 0 Å². The third kappa shape index (κ3) is 2.38. The van der Waals surface area contributed by atoms with Crippen LogP contribution < -0.4 is 10.1 Å². The second kappa shape index (κ2) is 4.45. The molecule has 0 heterocycles. The lowest BCUT2D eigenvalue weighted by molar-refractivity contribution is -0.148. The summed E-state index contributed by atoms with van der Waals surface area (Å²) >= 11 is 0. The topological polar surface area (TPSA) is 75.6 Å². The number of carbonyl (C=O) groups excluding carboxylic acids is 1. The molecular formula is C12H13NO4. The number of carboxylic acids is 1. The Hall–Kier alpha value is -2.04. The molecule has 1 saturated carbocycles. The quantitative estimate of drug-likeness (QED) is 0.837. The van der Waals surface area contributed by atoms with Crippen LogP contribution >= 0.6 is 0 Å². The summed E-state index contributed by atoms with van der Waals surface area (Å²) in [6.45, 7) is 0. The van der Waals surface area contributed by atoms with E-state index in [0.717, 1.165) is 6.42 Å². The third-order valence-corrected chi connectivity index (χ3v) is 2.91. The number of carboxylic acid groups (broad SMARTS) is 1. The maximum Gasteiger partial charge on any atom is 0.413 e. The zero-order valence-electron chi connectivity index (χ0n) is 9.18. The summed E-state index contributed by atoms with van der Waals surface area (Å²) in [5, 5.41) is 11.4. The number of para-hydroxylation sites is 1. The molecule has 0 bridgehead atoms. The minimum atomic E-state index is -1.13. The molecule has 1 aromatic rings. The molecule has 1 aliphatic carbocycles. The van der Waals surface area contributed by atoms with E-state index in [1.54, 1.807) is 30.3 Å². The Labute approximate surface area is 98.4 Å². The molecule has 1 fully saturated rings. The highest BCUT2D eigenvalue weighted by Gasteiger charge is 2.46. The number of carbonyl (C=O) groups is 2. The van der Waals surface area contributed by atoms with Crippen molar-refractivity contribution in [1.82, 2.24) is 5.32 Å². The second-order valence-corrected chi connectivity index (χ2v) is 4.07. The molecule has 5 heteroatoms. The Bertz CT molecular complexity index is 425. The number of hydrogen-bond donors (Lipinski definition) is 2. The van der Waals surface area contributed by atoms with E-state index in [2.05, 4.69) is 5.32 Å².